The van der Waals surface area contributed by atoms with E-state index in [2.05, 4.69) is 11.2 Å². The predicted octanol–water partition coefficient (Wildman–Crippen LogP) is 6.28. The smallest absolute Gasteiger partial charge is 0.338 e. The van der Waals surface area contributed by atoms with Crippen molar-refractivity contribution >= 4 is 17.0 Å². The minimum atomic E-state index is -0.955. The number of carbonyl (C=O) groups is 1. The largest absolute Gasteiger partial charge is 0.492 e. The maximum Gasteiger partial charge on any atom is 0.338 e. The van der Waals surface area contributed by atoms with E-state index in [-0.39, 0.29) is 18.4 Å². The van der Waals surface area contributed by atoms with E-state index in [0.717, 1.165) is 59.1 Å². The minimum absolute atomic E-state index is 0.210. The number of ether oxygens (including phenoxy) is 3. The first-order valence-electron chi connectivity index (χ1n) is 14.6. The SMILES string of the molecule is CCOC(=O)c1cc(OCC)c(-n2cc(C(O)(C3CC3)C3CC3)c3ncc(-c4c(C)noc4C)cc32)c(OCC)c1. The topological polar surface area (TPSA) is 109 Å². The maximum absolute atomic E-state index is 12.8. The summed E-state index contributed by atoms with van der Waals surface area (Å²) in [6, 6.07) is 5.46. The van der Waals surface area contributed by atoms with E-state index < -0.39 is 11.6 Å². The molecule has 3 aromatic heterocycles. The Morgan fingerprint density at radius 2 is 1.66 bits per heavy atom. The quantitative estimate of drug-likeness (QED) is 0.214. The molecule has 2 aliphatic rings. The molecular weight excluding hydrogens is 522 g/mol. The van der Waals surface area contributed by atoms with Crippen LogP contribution in [-0.4, -0.2) is 45.6 Å². The third-order valence-corrected chi connectivity index (χ3v) is 8.19. The van der Waals surface area contributed by atoms with Crippen molar-refractivity contribution in [1.29, 1.82) is 0 Å². The monoisotopic (exact) mass is 559 g/mol. The van der Waals surface area contributed by atoms with Crippen molar-refractivity contribution in [2.45, 2.75) is 65.9 Å². The van der Waals surface area contributed by atoms with Crippen molar-refractivity contribution in [2.75, 3.05) is 19.8 Å². The Hall–Kier alpha value is -3.85. The Bertz CT molecular complexity index is 1550. The summed E-state index contributed by atoms with van der Waals surface area (Å²) in [5.74, 6) is 1.64. The van der Waals surface area contributed by atoms with E-state index in [9.17, 15) is 9.90 Å². The average molecular weight is 560 g/mol. The van der Waals surface area contributed by atoms with Crippen LogP contribution >= 0.6 is 0 Å². The zero-order chi connectivity index (χ0) is 28.9. The average Bonchev–Trinajstić information content (AvgIpc) is 3.89. The molecule has 41 heavy (non-hydrogen) atoms. The molecule has 9 heteroatoms. The lowest BCUT2D eigenvalue weighted by atomic mass is 9.85. The first-order valence-corrected chi connectivity index (χ1v) is 14.6. The number of pyridine rings is 1. The molecule has 2 aliphatic carbocycles. The van der Waals surface area contributed by atoms with Gasteiger partial charge in [0.15, 0.2) is 0 Å². The van der Waals surface area contributed by atoms with Crippen LogP contribution in [0.25, 0.3) is 27.8 Å². The molecule has 4 aromatic rings. The normalized spacial score (nSPS) is 15.4. The van der Waals surface area contributed by atoms with E-state index in [1.54, 1.807) is 19.1 Å². The van der Waals surface area contributed by atoms with Gasteiger partial charge in [0.1, 0.15) is 22.9 Å². The first kappa shape index (κ1) is 27.3. The zero-order valence-corrected chi connectivity index (χ0v) is 24.3. The van der Waals surface area contributed by atoms with Gasteiger partial charge in [0.25, 0.3) is 0 Å². The summed E-state index contributed by atoms with van der Waals surface area (Å²) in [6.07, 6.45) is 7.83. The molecule has 0 amide bonds. The van der Waals surface area contributed by atoms with Crippen molar-refractivity contribution in [3.8, 4) is 28.3 Å². The van der Waals surface area contributed by atoms with E-state index in [4.69, 9.17) is 23.7 Å². The van der Waals surface area contributed by atoms with Crippen LogP contribution in [0.2, 0.25) is 0 Å². The molecule has 9 nitrogen and oxygen atoms in total. The lowest BCUT2D eigenvalue weighted by Gasteiger charge is -2.28. The molecule has 0 spiro atoms. The van der Waals surface area contributed by atoms with Crippen LogP contribution in [0, 0.1) is 25.7 Å². The van der Waals surface area contributed by atoms with Crippen LogP contribution in [-0.2, 0) is 10.3 Å². The van der Waals surface area contributed by atoms with Gasteiger partial charge >= 0.3 is 5.97 Å². The lowest BCUT2D eigenvalue weighted by Crippen LogP contribution is -2.31. The summed E-state index contributed by atoms with van der Waals surface area (Å²) in [5, 5.41) is 16.4. The molecule has 0 aliphatic heterocycles. The summed E-state index contributed by atoms with van der Waals surface area (Å²) in [6.45, 7) is 10.4. The van der Waals surface area contributed by atoms with Crippen molar-refractivity contribution in [1.82, 2.24) is 14.7 Å². The second-order valence-electron chi connectivity index (χ2n) is 11.0. The van der Waals surface area contributed by atoms with E-state index in [1.807, 2.05) is 44.7 Å². The highest BCUT2D eigenvalue weighted by atomic mass is 16.5. The highest BCUT2D eigenvalue weighted by molar-refractivity contribution is 5.93. The molecule has 2 fully saturated rings. The molecule has 0 atom stereocenters. The summed E-state index contributed by atoms with van der Waals surface area (Å²) in [7, 11) is 0. The summed E-state index contributed by atoms with van der Waals surface area (Å²) in [4.78, 5) is 17.7. The Kier molecular flexibility index (Phi) is 7.01. The highest BCUT2D eigenvalue weighted by Crippen LogP contribution is 2.59. The predicted molar refractivity (Wildman–Crippen MR) is 154 cm³/mol. The van der Waals surface area contributed by atoms with Crippen LogP contribution in [0.3, 0.4) is 0 Å². The van der Waals surface area contributed by atoms with Gasteiger partial charge in [0.05, 0.1) is 47.7 Å². The van der Waals surface area contributed by atoms with Gasteiger partial charge in [-0.2, -0.15) is 0 Å². The van der Waals surface area contributed by atoms with Gasteiger partial charge in [0, 0.05) is 29.1 Å². The Morgan fingerprint density at radius 3 is 2.17 bits per heavy atom. The van der Waals surface area contributed by atoms with Crippen LogP contribution in [0.1, 0.15) is 73.8 Å². The Labute approximate surface area is 239 Å². The van der Waals surface area contributed by atoms with Gasteiger partial charge < -0.3 is 28.4 Å². The number of nitrogens with zero attached hydrogens (tertiary/aromatic N) is 3. The van der Waals surface area contributed by atoms with E-state index in [0.29, 0.717) is 41.7 Å². The zero-order valence-electron chi connectivity index (χ0n) is 24.3. The third-order valence-electron chi connectivity index (χ3n) is 8.19. The molecule has 0 bridgehead atoms. The number of hydrogen-bond acceptors (Lipinski definition) is 8. The van der Waals surface area contributed by atoms with E-state index >= 15 is 0 Å². The summed E-state index contributed by atoms with van der Waals surface area (Å²) >= 11 is 0. The lowest BCUT2D eigenvalue weighted by molar-refractivity contribution is -0.00901. The third kappa shape index (κ3) is 4.66. The number of benzene rings is 1. The van der Waals surface area contributed by atoms with Crippen LogP contribution in [0.5, 0.6) is 11.5 Å². The molecule has 2 saturated carbocycles. The van der Waals surface area contributed by atoms with E-state index in [1.165, 1.54) is 0 Å². The highest BCUT2D eigenvalue weighted by Gasteiger charge is 2.55. The second-order valence-corrected chi connectivity index (χ2v) is 11.0. The van der Waals surface area contributed by atoms with Crippen LogP contribution in [0.15, 0.2) is 35.1 Å². The molecule has 0 saturated heterocycles. The molecular formula is C32H37N3O6. The van der Waals surface area contributed by atoms with Crippen molar-refractivity contribution < 1.29 is 28.6 Å². The minimum Gasteiger partial charge on any atom is -0.492 e. The van der Waals surface area contributed by atoms with Gasteiger partial charge in [-0.1, -0.05) is 5.16 Å². The number of aromatic nitrogens is 3. The molecule has 3 heterocycles. The van der Waals surface area contributed by atoms with Gasteiger partial charge in [0.2, 0.25) is 0 Å². The van der Waals surface area contributed by atoms with Crippen molar-refractivity contribution in [3.63, 3.8) is 0 Å². The molecule has 1 aromatic carbocycles. The fourth-order valence-corrected chi connectivity index (χ4v) is 6.12. The van der Waals surface area contributed by atoms with Gasteiger partial charge in [-0.3, -0.25) is 4.98 Å². The van der Waals surface area contributed by atoms with Crippen LogP contribution in [0.4, 0.5) is 0 Å². The number of hydrogen-bond donors (Lipinski definition) is 1. The number of fused-ring (bicyclic) bond motifs is 1. The molecule has 0 unspecified atom stereocenters. The number of aliphatic hydroxyl groups is 1. The van der Waals surface area contributed by atoms with Crippen LogP contribution < -0.4 is 9.47 Å². The summed E-state index contributed by atoms with van der Waals surface area (Å²) < 4.78 is 25.0. The van der Waals surface area contributed by atoms with Crippen molar-refractivity contribution in [2.24, 2.45) is 11.8 Å². The molecule has 6 rings (SSSR count). The fourth-order valence-electron chi connectivity index (χ4n) is 6.12. The summed E-state index contributed by atoms with van der Waals surface area (Å²) in [5.41, 5.74) is 4.92. The number of carbonyl (C=O) groups excluding carboxylic acids is 1. The number of rotatable bonds is 11. The Morgan fingerprint density at radius 1 is 1.02 bits per heavy atom. The maximum atomic E-state index is 12.8. The molecule has 0 radical (unpaired) electrons. The molecule has 216 valence electrons. The van der Waals surface area contributed by atoms with Gasteiger partial charge in [-0.25, -0.2) is 4.79 Å². The fraction of sp³-hybridized carbons (Fsp3) is 0.469. The first-order chi connectivity index (χ1) is 19.8. The van der Waals surface area contributed by atoms with Crippen molar-refractivity contribution in [3.05, 3.63) is 53.2 Å². The number of aryl methyl sites for hydroxylation is 2. The molecule has 1 N–H and O–H groups in total. The van der Waals surface area contributed by atoms with Gasteiger partial charge in [-0.05, 0) is 90.3 Å². The Balaban J connectivity index is 1.65. The standard InChI is InChI=1S/C32H37N3O6/c1-6-38-26-14-20(31(36)40-8-3)15-27(39-7-2)30(26)35-17-24(32(37,22-9-10-22)23-11-12-23)29-25(35)13-21(16-33-29)28-18(4)34-41-19(28)5/h13-17,22-23,37H,6-12H2,1-5H3. The second kappa shape index (κ2) is 10.5. The number of esters is 1. The van der Waals surface area contributed by atoms with Gasteiger partial charge in [-0.15, -0.1) is 0 Å².